The smallest absolute Gasteiger partial charge is 0.272 e. The topological polar surface area (TPSA) is 67.4 Å². The third-order valence-electron chi connectivity index (χ3n) is 4.03. The van der Waals surface area contributed by atoms with Gasteiger partial charge in [-0.1, -0.05) is 30.3 Å². The molecule has 1 fully saturated rings. The van der Waals surface area contributed by atoms with Gasteiger partial charge < -0.3 is 15.0 Å². The van der Waals surface area contributed by atoms with E-state index in [1.165, 1.54) is 6.33 Å². The molecule has 0 aliphatic carbocycles. The van der Waals surface area contributed by atoms with Gasteiger partial charge in [-0.15, -0.1) is 0 Å². The normalized spacial score (nSPS) is 16.8. The van der Waals surface area contributed by atoms with Crippen molar-refractivity contribution < 1.29 is 9.53 Å². The van der Waals surface area contributed by atoms with Gasteiger partial charge in [-0.3, -0.25) is 4.79 Å². The number of amides is 1. The van der Waals surface area contributed by atoms with Crippen LogP contribution in [0, 0.1) is 0 Å². The molecular weight excluding hydrogens is 304 g/mol. The van der Waals surface area contributed by atoms with E-state index in [2.05, 4.69) is 15.3 Å². The van der Waals surface area contributed by atoms with E-state index in [4.69, 9.17) is 4.74 Å². The first-order valence-corrected chi connectivity index (χ1v) is 8.19. The Bertz CT molecular complexity index is 672. The molecule has 1 unspecified atom stereocenters. The first kappa shape index (κ1) is 16.4. The Balaban J connectivity index is 1.60. The third-order valence-corrected chi connectivity index (χ3v) is 4.03. The maximum absolute atomic E-state index is 12.5. The molecule has 1 aromatic carbocycles. The van der Waals surface area contributed by atoms with E-state index in [9.17, 15) is 4.79 Å². The van der Waals surface area contributed by atoms with Crippen molar-refractivity contribution in [1.29, 1.82) is 0 Å². The fourth-order valence-electron chi connectivity index (χ4n) is 2.72. The van der Waals surface area contributed by atoms with Crippen molar-refractivity contribution in [2.75, 3.05) is 25.5 Å². The Morgan fingerprint density at radius 3 is 2.92 bits per heavy atom. The van der Waals surface area contributed by atoms with Gasteiger partial charge in [-0.2, -0.15) is 0 Å². The molecule has 0 radical (unpaired) electrons. The maximum atomic E-state index is 12.5. The van der Waals surface area contributed by atoms with Crippen molar-refractivity contribution in [2.45, 2.75) is 25.5 Å². The second kappa shape index (κ2) is 7.88. The van der Waals surface area contributed by atoms with Crippen LogP contribution < -0.4 is 5.32 Å². The monoisotopic (exact) mass is 326 g/mol. The zero-order chi connectivity index (χ0) is 16.8. The molecule has 2 aromatic rings. The molecule has 1 N–H and O–H groups in total. The number of aromatic nitrogens is 2. The van der Waals surface area contributed by atoms with Crippen LogP contribution in [-0.2, 0) is 11.3 Å². The molecule has 0 bridgehead atoms. The first-order valence-electron chi connectivity index (χ1n) is 8.19. The maximum Gasteiger partial charge on any atom is 0.272 e. The summed E-state index contributed by atoms with van der Waals surface area (Å²) < 4.78 is 5.58. The minimum Gasteiger partial charge on any atom is -0.376 e. The van der Waals surface area contributed by atoms with Crippen molar-refractivity contribution in [1.82, 2.24) is 14.9 Å². The van der Waals surface area contributed by atoms with Crippen LogP contribution in [-0.4, -0.2) is 47.1 Å². The Kier molecular flexibility index (Phi) is 5.38. The van der Waals surface area contributed by atoms with Gasteiger partial charge in [0.25, 0.3) is 5.91 Å². The van der Waals surface area contributed by atoms with Gasteiger partial charge in [-0.25, -0.2) is 9.97 Å². The van der Waals surface area contributed by atoms with Gasteiger partial charge in [0.2, 0.25) is 0 Å². The van der Waals surface area contributed by atoms with Crippen molar-refractivity contribution in [2.24, 2.45) is 0 Å². The lowest BCUT2D eigenvalue weighted by Crippen LogP contribution is -2.27. The summed E-state index contributed by atoms with van der Waals surface area (Å²) in [5.41, 5.74) is 1.47. The molecular formula is C18H22N4O2. The standard InChI is InChI=1S/C18H22N4O2/c1-22(12-14-6-3-2-4-7-14)18(23)16-10-17(21-13-20-16)19-11-15-8-5-9-24-15/h2-4,6-7,10,13,15H,5,8-9,11-12H2,1H3,(H,19,20,21). The molecule has 0 spiro atoms. The highest BCUT2D eigenvalue weighted by molar-refractivity contribution is 5.92. The molecule has 24 heavy (non-hydrogen) atoms. The number of hydrogen-bond acceptors (Lipinski definition) is 5. The van der Waals surface area contributed by atoms with Crippen LogP contribution in [0.4, 0.5) is 5.82 Å². The predicted molar refractivity (Wildman–Crippen MR) is 91.7 cm³/mol. The predicted octanol–water partition coefficient (Wildman–Crippen LogP) is 2.34. The molecule has 1 aliphatic heterocycles. The summed E-state index contributed by atoms with van der Waals surface area (Å²) in [4.78, 5) is 22.5. The van der Waals surface area contributed by atoms with Crippen molar-refractivity contribution in [3.63, 3.8) is 0 Å². The minimum absolute atomic E-state index is 0.124. The largest absolute Gasteiger partial charge is 0.376 e. The minimum atomic E-state index is -0.124. The number of ether oxygens (including phenoxy) is 1. The zero-order valence-electron chi connectivity index (χ0n) is 13.8. The number of carbonyl (C=O) groups excluding carboxylic acids is 1. The van der Waals surface area contributed by atoms with Crippen LogP contribution in [0.3, 0.4) is 0 Å². The van der Waals surface area contributed by atoms with Crippen molar-refractivity contribution in [3.05, 3.63) is 54.0 Å². The van der Waals surface area contributed by atoms with Gasteiger partial charge in [0.1, 0.15) is 17.8 Å². The summed E-state index contributed by atoms with van der Waals surface area (Å²) in [6.45, 7) is 2.07. The van der Waals surface area contributed by atoms with Crippen molar-refractivity contribution >= 4 is 11.7 Å². The summed E-state index contributed by atoms with van der Waals surface area (Å²) >= 11 is 0. The van der Waals surface area contributed by atoms with Gasteiger partial charge >= 0.3 is 0 Å². The van der Waals surface area contributed by atoms with Crippen LogP contribution in [0.5, 0.6) is 0 Å². The second-order valence-electron chi connectivity index (χ2n) is 5.95. The average Bonchev–Trinajstić information content (AvgIpc) is 3.14. The molecule has 1 saturated heterocycles. The van der Waals surface area contributed by atoms with E-state index in [-0.39, 0.29) is 12.0 Å². The lowest BCUT2D eigenvalue weighted by molar-refractivity contribution is 0.0779. The van der Waals surface area contributed by atoms with E-state index in [0.717, 1.165) is 25.0 Å². The van der Waals surface area contributed by atoms with E-state index in [1.807, 2.05) is 30.3 Å². The average molecular weight is 326 g/mol. The summed E-state index contributed by atoms with van der Waals surface area (Å²) in [7, 11) is 1.77. The lowest BCUT2D eigenvalue weighted by atomic mass is 10.2. The molecule has 1 aromatic heterocycles. The van der Waals surface area contributed by atoms with E-state index in [0.29, 0.717) is 24.6 Å². The highest BCUT2D eigenvalue weighted by atomic mass is 16.5. The lowest BCUT2D eigenvalue weighted by Gasteiger charge is -2.17. The Labute approximate surface area is 141 Å². The molecule has 2 heterocycles. The summed E-state index contributed by atoms with van der Waals surface area (Å²) in [6.07, 6.45) is 3.80. The number of carbonyl (C=O) groups is 1. The number of anilines is 1. The molecule has 3 rings (SSSR count). The Hall–Kier alpha value is -2.47. The van der Waals surface area contributed by atoms with E-state index < -0.39 is 0 Å². The summed E-state index contributed by atoms with van der Waals surface area (Å²) in [6, 6.07) is 11.6. The molecule has 126 valence electrons. The number of nitrogens with one attached hydrogen (secondary N) is 1. The summed E-state index contributed by atoms with van der Waals surface area (Å²) in [5.74, 6) is 0.526. The Morgan fingerprint density at radius 1 is 1.33 bits per heavy atom. The van der Waals surface area contributed by atoms with Gasteiger partial charge in [0, 0.05) is 32.8 Å². The molecule has 6 heteroatoms. The van der Waals surface area contributed by atoms with E-state index in [1.54, 1.807) is 18.0 Å². The Morgan fingerprint density at radius 2 is 2.17 bits per heavy atom. The number of nitrogens with zero attached hydrogens (tertiary/aromatic N) is 3. The number of hydrogen-bond donors (Lipinski definition) is 1. The quantitative estimate of drug-likeness (QED) is 0.882. The fraction of sp³-hybridized carbons (Fsp3) is 0.389. The molecule has 0 saturated carbocycles. The first-order chi connectivity index (χ1) is 11.7. The van der Waals surface area contributed by atoms with Crippen molar-refractivity contribution in [3.8, 4) is 0 Å². The summed E-state index contributed by atoms with van der Waals surface area (Å²) in [5, 5.41) is 3.22. The molecule has 1 atom stereocenters. The van der Waals surface area contributed by atoms with Gasteiger partial charge in [0.05, 0.1) is 6.10 Å². The highest BCUT2D eigenvalue weighted by Gasteiger charge is 2.17. The fourth-order valence-corrected chi connectivity index (χ4v) is 2.72. The second-order valence-corrected chi connectivity index (χ2v) is 5.95. The van der Waals surface area contributed by atoms with Crippen LogP contribution in [0.2, 0.25) is 0 Å². The molecule has 6 nitrogen and oxygen atoms in total. The molecule has 1 aliphatic rings. The van der Waals surface area contributed by atoms with Crippen LogP contribution in [0.15, 0.2) is 42.7 Å². The van der Waals surface area contributed by atoms with Crippen LogP contribution in [0.25, 0.3) is 0 Å². The number of benzene rings is 1. The van der Waals surface area contributed by atoms with Gasteiger partial charge in [-0.05, 0) is 18.4 Å². The SMILES string of the molecule is CN(Cc1ccccc1)C(=O)c1cc(NCC2CCCO2)ncn1. The number of rotatable bonds is 6. The van der Waals surface area contributed by atoms with Crippen LogP contribution >= 0.6 is 0 Å². The van der Waals surface area contributed by atoms with Crippen LogP contribution in [0.1, 0.15) is 28.9 Å². The zero-order valence-corrected chi connectivity index (χ0v) is 13.8. The molecule has 1 amide bonds. The van der Waals surface area contributed by atoms with E-state index >= 15 is 0 Å². The third kappa shape index (κ3) is 4.29. The van der Waals surface area contributed by atoms with Gasteiger partial charge in [0.15, 0.2) is 0 Å². The highest BCUT2D eigenvalue weighted by Crippen LogP contribution is 2.14.